The third-order valence-corrected chi connectivity index (χ3v) is 5.89. The standard InChI is InChI=1S/C17H26O3S/c1-14(21(18,19)20)6-5-7-15-10-12-17(13-11-15)16-8-3-2-4-9-16/h10-14,16H,2-9H2,1H3,(H,18,19,20). The van der Waals surface area contributed by atoms with Gasteiger partial charge in [0.1, 0.15) is 0 Å². The van der Waals surface area contributed by atoms with Crippen molar-refractivity contribution in [2.45, 2.75) is 69.5 Å². The predicted molar refractivity (Wildman–Crippen MR) is 86.2 cm³/mol. The van der Waals surface area contributed by atoms with E-state index in [1.165, 1.54) is 43.2 Å². The molecular formula is C17H26O3S. The highest BCUT2D eigenvalue weighted by Gasteiger charge is 2.17. The van der Waals surface area contributed by atoms with Crippen molar-refractivity contribution in [2.24, 2.45) is 0 Å². The Hall–Kier alpha value is -0.870. The second-order valence-corrected chi connectivity index (χ2v) is 8.13. The van der Waals surface area contributed by atoms with Gasteiger partial charge in [-0.1, -0.05) is 43.5 Å². The largest absolute Gasteiger partial charge is 0.285 e. The van der Waals surface area contributed by atoms with Crippen molar-refractivity contribution in [3.8, 4) is 0 Å². The zero-order chi connectivity index (χ0) is 15.3. The third-order valence-electron chi connectivity index (χ3n) is 4.64. The average Bonchev–Trinajstić information content (AvgIpc) is 2.48. The van der Waals surface area contributed by atoms with Gasteiger partial charge in [0.25, 0.3) is 10.1 Å². The van der Waals surface area contributed by atoms with Crippen molar-refractivity contribution in [2.75, 3.05) is 0 Å². The molecule has 1 fully saturated rings. The molecule has 1 aliphatic carbocycles. The first-order valence-electron chi connectivity index (χ1n) is 8.02. The van der Waals surface area contributed by atoms with Crippen LogP contribution in [0.5, 0.6) is 0 Å². The first-order valence-corrected chi connectivity index (χ1v) is 9.52. The molecule has 118 valence electrons. The Bertz CT molecular complexity index is 528. The van der Waals surface area contributed by atoms with Gasteiger partial charge in [0, 0.05) is 0 Å². The minimum atomic E-state index is -3.88. The van der Waals surface area contributed by atoms with E-state index in [2.05, 4.69) is 24.3 Å². The maximum absolute atomic E-state index is 10.9. The van der Waals surface area contributed by atoms with E-state index >= 15 is 0 Å². The van der Waals surface area contributed by atoms with Crippen molar-refractivity contribution >= 4 is 10.1 Å². The molecule has 0 saturated heterocycles. The Balaban J connectivity index is 1.82. The van der Waals surface area contributed by atoms with E-state index in [-0.39, 0.29) is 0 Å². The van der Waals surface area contributed by atoms with E-state index in [1.54, 1.807) is 6.92 Å². The molecule has 1 N–H and O–H groups in total. The topological polar surface area (TPSA) is 54.4 Å². The summed E-state index contributed by atoms with van der Waals surface area (Å²) < 4.78 is 30.8. The van der Waals surface area contributed by atoms with E-state index in [1.807, 2.05) is 0 Å². The van der Waals surface area contributed by atoms with Gasteiger partial charge in [-0.15, -0.1) is 0 Å². The van der Waals surface area contributed by atoms with Crippen LogP contribution in [0.1, 0.15) is 68.9 Å². The quantitative estimate of drug-likeness (QED) is 0.795. The van der Waals surface area contributed by atoms with Crippen LogP contribution in [0.2, 0.25) is 0 Å². The minimum Gasteiger partial charge on any atom is -0.285 e. The van der Waals surface area contributed by atoms with Gasteiger partial charge in [-0.3, -0.25) is 4.55 Å². The molecule has 0 aromatic heterocycles. The highest BCUT2D eigenvalue weighted by Crippen LogP contribution is 2.32. The fourth-order valence-corrected chi connectivity index (χ4v) is 3.60. The Morgan fingerprint density at radius 3 is 2.33 bits per heavy atom. The summed E-state index contributed by atoms with van der Waals surface area (Å²) in [5.74, 6) is 0.729. The lowest BCUT2D eigenvalue weighted by molar-refractivity contribution is 0.443. The Kier molecular flexibility index (Phi) is 5.82. The summed E-state index contributed by atoms with van der Waals surface area (Å²) in [4.78, 5) is 0. The van der Waals surface area contributed by atoms with Crippen LogP contribution in [-0.4, -0.2) is 18.2 Å². The van der Waals surface area contributed by atoms with Crippen LogP contribution in [0.25, 0.3) is 0 Å². The van der Waals surface area contributed by atoms with Gasteiger partial charge >= 0.3 is 0 Å². The first-order chi connectivity index (χ1) is 9.97. The van der Waals surface area contributed by atoms with Crippen LogP contribution < -0.4 is 0 Å². The van der Waals surface area contributed by atoms with Crippen molar-refractivity contribution in [1.82, 2.24) is 0 Å². The zero-order valence-corrected chi connectivity index (χ0v) is 13.6. The molecule has 0 radical (unpaired) electrons. The number of benzene rings is 1. The molecular weight excluding hydrogens is 284 g/mol. The molecule has 2 rings (SSSR count). The lowest BCUT2D eigenvalue weighted by Crippen LogP contribution is -2.16. The SMILES string of the molecule is CC(CCCc1ccc(C2CCCCC2)cc1)S(=O)(=O)O. The molecule has 1 aliphatic rings. The van der Waals surface area contributed by atoms with Crippen molar-refractivity contribution in [3.05, 3.63) is 35.4 Å². The molecule has 0 aliphatic heterocycles. The summed E-state index contributed by atoms with van der Waals surface area (Å²) in [6.07, 6.45) is 8.84. The van der Waals surface area contributed by atoms with Crippen LogP contribution in [0.15, 0.2) is 24.3 Å². The van der Waals surface area contributed by atoms with E-state index in [9.17, 15) is 8.42 Å². The zero-order valence-electron chi connectivity index (χ0n) is 12.8. The molecule has 1 unspecified atom stereocenters. The van der Waals surface area contributed by atoms with Gasteiger partial charge < -0.3 is 0 Å². The summed E-state index contributed by atoms with van der Waals surface area (Å²) in [5, 5.41) is -0.668. The molecule has 1 atom stereocenters. The Morgan fingerprint density at radius 1 is 1.14 bits per heavy atom. The normalized spacial score (nSPS) is 18.6. The summed E-state index contributed by atoms with van der Waals surface area (Å²) in [6.45, 7) is 1.56. The molecule has 3 nitrogen and oxygen atoms in total. The van der Waals surface area contributed by atoms with Gasteiger partial charge in [-0.25, -0.2) is 0 Å². The van der Waals surface area contributed by atoms with Gasteiger partial charge in [-0.05, 0) is 56.1 Å². The molecule has 4 heteroatoms. The van der Waals surface area contributed by atoms with Crippen LogP contribution in [-0.2, 0) is 16.5 Å². The summed E-state index contributed by atoms with van der Waals surface area (Å²) in [6, 6.07) is 8.80. The van der Waals surface area contributed by atoms with Crippen molar-refractivity contribution in [3.63, 3.8) is 0 Å². The fourth-order valence-electron chi connectivity index (χ4n) is 3.13. The lowest BCUT2D eigenvalue weighted by Gasteiger charge is -2.22. The lowest BCUT2D eigenvalue weighted by atomic mass is 9.84. The minimum absolute atomic E-state index is 0.503. The van der Waals surface area contributed by atoms with Crippen LogP contribution >= 0.6 is 0 Å². The number of hydrogen-bond donors (Lipinski definition) is 1. The summed E-state index contributed by atoms with van der Waals surface area (Å²) in [7, 11) is -3.88. The van der Waals surface area contributed by atoms with Gasteiger partial charge in [0.05, 0.1) is 5.25 Å². The van der Waals surface area contributed by atoms with Gasteiger partial charge in [0.2, 0.25) is 0 Å². The summed E-state index contributed by atoms with van der Waals surface area (Å²) in [5.41, 5.74) is 2.70. The third kappa shape index (κ3) is 5.11. The second kappa shape index (κ2) is 7.41. The second-order valence-electron chi connectivity index (χ2n) is 6.29. The Morgan fingerprint density at radius 2 is 1.76 bits per heavy atom. The van der Waals surface area contributed by atoms with Gasteiger partial charge in [-0.2, -0.15) is 8.42 Å². The van der Waals surface area contributed by atoms with E-state index in [0.29, 0.717) is 6.42 Å². The van der Waals surface area contributed by atoms with Crippen molar-refractivity contribution in [1.29, 1.82) is 0 Å². The highest BCUT2D eigenvalue weighted by molar-refractivity contribution is 7.86. The maximum atomic E-state index is 10.9. The number of rotatable bonds is 6. The molecule has 1 saturated carbocycles. The van der Waals surface area contributed by atoms with Crippen LogP contribution in [0.3, 0.4) is 0 Å². The fraction of sp³-hybridized carbons (Fsp3) is 0.647. The summed E-state index contributed by atoms with van der Waals surface area (Å²) >= 11 is 0. The Labute approximate surface area is 128 Å². The molecule has 1 aromatic rings. The molecule has 0 heterocycles. The van der Waals surface area contributed by atoms with E-state index in [4.69, 9.17) is 4.55 Å². The average molecular weight is 310 g/mol. The molecule has 0 amide bonds. The number of aryl methyl sites for hydroxylation is 1. The first kappa shape index (κ1) is 16.5. The van der Waals surface area contributed by atoms with Gasteiger partial charge in [0.15, 0.2) is 0 Å². The maximum Gasteiger partial charge on any atom is 0.267 e. The van der Waals surface area contributed by atoms with Crippen molar-refractivity contribution < 1.29 is 13.0 Å². The van der Waals surface area contributed by atoms with Crippen LogP contribution in [0, 0.1) is 0 Å². The molecule has 0 bridgehead atoms. The predicted octanol–water partition coefficient (Wildman–Crippen LogP) is 4.33. The molecule has 1 aromatic carbocycles. The van der Waals surface area contributed by atoms with E-state index < -0.39 is 15.4 Å². The smallest absolute Gasteiger partial charge is 0.267 e. The number of hydrogen-bond acceptors (Lipinski definition) is 2. The monoisotopic (exact) mass is 310 g/mol. The van der Waals surface area contributed by atoms with Crippen LogP contribution in [0.4, 0.5) is 0 Å². The molecule has 0 spiro atoms. The highest BCUT2D eigenvalue weighted by atomic mass is 32.2. The van der Waals surface area contributed by atoms with E-state index in [0.717, 1.165) is 18.8 Å². The molecule has 21 heavy (non-hydrogen) atoms.